The van der Waals surface area contributed by atoms with Gasteiger partial charge >= 0.3 is 17.9 Å². The molecule has 0 bridgehead atoms. The van der Waals surface area contributed by atoms with Gasteiger partial charge in [-0.15, -0.1) is 0 Å². The summed E-state index contributed by atoms with van der Waals surface area (Å²) in [6.07, 6.45) is -8.62. The van der Waals surface area contributed by atoms with E-state index in [1.165, 1.54) is 13.8 Å². The van der Waals surface area contributed by atoms with Crippen LogP contribution in [-0.4, -0.2) is 141 Å². The van der Waals surface area contributed by atoms with Gasteiger partial charge in [-0.3, -0.25) is 9.59 Å². The monoisotopic (exact) mass is 852 g/mol. The van der Waals surface area contributed by atoms with Gasteiger partial charge in [0.1, 0.15) is 54.9 Å². The summed E-state index contributed by atoms with van der Waals surface area (Å²) in [5, 5.41) is 63.8. The fourth-order valence-electron chi connectivity index (χ4n) is 13.6. The van der Waals surface area contributed by atoms with Crippen LogP contribution in [0, 0.1) is 45.3 Å². The van der Waals surface area contributed by atoms with Crippen LogP contribution in [0.25, 0.3) is 0 Å². The molecule has 0 aromatic rings. The Labute approximate surface area is 352 Å². The summed E-state index contributed by atoms with van der Waals surface area (Å²) >= 11 is 0. The van der Waals surface area contributed by atoms with Crippen LogP contribution < -0.4 is 0 Å². The maximum absolute atomic E-state index is 13.3. The zero-order valence-corrected chi connectivity index (χ0v) is 36.2. The topological polar surface area (TPSA) is 237 Å². The Bertz CT molecular complexity index is 1650. The van der Waals surface area contributed by atoms with E-state index in [0.29, 0.717) is 18.4 Å². The molecule has 4 heterocycles. The molecule has 16 heteroatoms. The first-order valence-corrected chi connectivity index (χ1v) is 21.9. The number of aliphatic hydroxyl groups is 6. The van der Waals surface area contributed by atoms with Crippen molar-refractivity contribution in [3.63, 3.8) is 0 Å². The van der Waals surface area contributed by atoms with E-state index in [0.717, 1.165) is 32.1 Å². The maximum atomic E-state index is 13.3. The van der Waals surface area contributed by atoms with E-state index in [2.05, 4.69) is 34.6 Å². The number of hydrogen-bond donors (Lipinski definition) is 6. The van der Waals surface area contributed by atoms with Crippen molar-refractivity contribution in [2.45, 2.75) is 186 Å². The zero-order chi connectivity index (χ0) is 43.9. The van der Waals surface area contributed by atoms with E-state index >= 15 is 0 Å². The van der Waals surface area contributed by atoms with Gasteiger partial charge in [-0.25, -0.2) is 4.79 Å². The summed E-state index contributed by atoms with van der Waals surface area (Å²) in [6.45, 7) is 15.4. The highest BCUT2D eigenvalue weighted by molar-refractivity contribution is 5.90. The predicted octanol–water partition coefficient (Wildman–Crippen LogP) is 2.06. The minimum atomic E-state index is -1.68. The number of cyclic esters (lactones) is 2. The average molecular weight is 853 g/mol. The first kappa shape index (κ1) is 45.8. The van der Waals surface area contributed by atoms with Crippen molar-refractivity contribution in [3.05, 3.63) is 11.6 Å². The number of hydrogen-bond acceptors (Lipinski definition) is 16. The molecule has 0 amide bonds. The Morgan fingerprint density at radius 1 is 0.883 bits per heavy atom. The highest BCUT2D eigenvalue weighted by atomic mass is 16.8. The van der Waals surface area contributed by atoms with Crippen LogP contribution in [0.1, 0.15) is 107 Å². The number of rotatable bonds is 10. The molecule has 16 nitrogen and oxygen atoms in total. The standard InChI is InChI=1S/C44H68O16/c1-20-15-24(57-38(20)53)16-26(56-23(4)46)21(2)25-9-10-29-42(7)13-12-30(41(5,6)28(42)11-14-43(29,8)44(25)17-31(47)54-19-44)59-40-37(35(51)33(49)27(18-45)58-40)60-39-36(52)34(50)32(48)22(3)55-39/h15,21-22,24-30,32-37,39-40,45,48-52H,9-14,16-19H2,1-8H3/t21-,22+,24+,25?,26+,27-,28?,29?,30+,32+,33-,34-,35+,36-,37-,39+,40+,42+,43-,44+/m1/s1. The lowest BCUT2D eigenvalue weighted by atomic mass is 9.34. The molecule has 1 spiro atoms. The Hall–Kier alpha value is -2.25. The molecule has 0 aromatic heterocycles. The number of esters is 3. The Morgan fingerprint density at radius 3 is 2.22 bits per heavy atom. The second-order valence-electron chi connectivity index (χ2n) is 20.3. The molecule has 3 saturated heterocycles. The third kappa shape index (κ3) is 7.55. The summed E-state index contributed by atoms with van der Waals surface area (Å²) < 4.78 is 42.1. The second kappa shape index (κ2) is 16.7. The lowest BCUT2D eigenvalue weighted by Crippen LogP contribution is -2.67. The molecule has 20 atom stereocenters. The van der Waals surface area contributed by atoms with Gasteiger partial charge in [0.05, 0.1) is 31.8 Å². The number of aliphatic hydroxyl groups excluding tert-OH is 6. The predicted molar refractivity (Wildman–Crippen MR) is 209 cm³/mol. The molecular formula is C44H68O16. The minimum absolute atomic E-state index is 0.0229. The van der Waals surface area contributed by atoms with Crippen LogP contribution in [0.2, 0.25) is 0 Å². The van der Waals surface area contributed by atoms with Crippen molar-refractivity contribution in [3.8, 4) is 0 Å². The van der Waals surface area contributed by atoms with E-state index in [9.17, 15) is 45.0 Å². The molecular weight excluding hydrogens is 784 g/mol. The first-order valence-electron chi connectivity index (χ1n) is 21.9. The van der Waals surface area contributed by atoms with E-state index in [1.807, 2.05) is 0 Å². The number of carbonyl (C=O) groups excluding carboxylic acids is 3. The van der Waals surface area contributed by atoms with Crippen LogP contribution in [0.4, 0.5) is 0 Å². The molecule has 0 aromatic carbocycles. The normalized spacial score (nSPS) is 48.6. The molecule has 0 radical (unpaired) electrons. The summed E-state index contributed by atoms with van der Waals surface area (Å²) in [6, 6.07) is 0. The molecule has 6 N–H and O–H groups in total. The molecule has 3 saturated carbocycles. The van der Waals surface area contributed by atoms with Gasteiger partial charge in [-0.2, -0.15) is 0 Å². The SMILES string of the molecule is CC(=O)O[C@@H](C[C@@H]1C=C(C)C(=O)O1)[C@H](C)C1CCC2[C@@]3(C)CC[C@H](O[C@@H]4O[C@H](CO)[C@@H](O)[C@H](O)[C@H]4O[C@@H]4O[C@@H](C)[C@H](O)[C@@H](O)[C@H]4O)C(C)(C)C3CC[C@@]2(C)[C@@]12COC(=O)C2. The van der Waals surface area contributed by atoms with Gasteiger partial charge in [0.15, 0.2) is 12.6 Å². The minimum Gasteiger partial charge on any atom is -0.465 e. The van der Waals surface area contributed by atoms with E-state index in [4.69, 9.17) is 33.2 Å². The number of ether oxygens (including phenoxy) is 7. The molecule has 3 unspecified atom stereocenters. The van der Waals surface area contributed by atoms with Crippen molar-refractivity contribution >= 4 is 17.9 Å². The lowest BCUT2D eigenvalue weighted by Gasteiger charge is -2.70. The van der Waals surface area contributed by atoms with Gasteiger partial charge in [-0.1, -0.05) is 34.6 Å². The van der Waals surface area contributed by atoms with Crippen LogP contribution in [0.5, 0.6) is 0 Å². The summed E-state index contributed by atoms with van der Waals surface area (Å²) in [4.78, 5) is 38.1. The molecule has 4 aliphatic heterocycles. The van der Waals surface area contributed by atoms with Gasteiger partial charge in [0, 0.05) is 24.3 Å². The van der Waals surface area contributed by atoms with Crippen molar-refractivity contribution in [1.29, 1.82) is 0 Å². The molecule has 3 aliphatic carbocycles. The highest BCUT2D eigenvalue weighted by Gasteiger charge is 2.71. The Balaban J connectivity index is 1.13. The zero-order valence-electron chi connectivity index (χ0n) is 36.2. The van der Waals surface area contributed by atoms with E-state index in [-0.39, 0.29) is 59.5 Å². The fraction of sp³-hybridized carbons (Fsp3) is 0.886. The quantitative estimate of drug-likeness (QED) is 0.105. The highest BCUT2D eigenvalue weighted by Crippen LogP contribution is 2.74. The largest absolute Gasteiger partial charge is 0.465 e. The van der Waals surface area contributed by atoms with Gasteiger partial charge < -0.3 is 63.8 Å². The first-order chi connectivity index (χ1) is 28.1. The van der Waals surface area contributed by atoms with E-state index < -0.39 is 103 Å². The summed E-state index contributed by atoms with van der Waals surface area (Å²) in [7, 11) is 0. The maximum Gasteiger partial charge on any atom is 0.334 e. The van der Waals surface area contributed by atoms with Gasteiger partial charge in [0.25, 0.3) is 0 Å². The number of carbonyl (C=O) groups is 3. The van der Waals surface area contributed by atoms with Crippen molar-refractivity contribution in [2.24, 2.45) is 45.3 Å². The molecule has 7 rings (SSSR count). The molecule has 60 heavy (non-hydrogen) atoms. The summed E-state index contributed by atoms with van der Waals surface area (Å²) in [5.41, 5.74) is -0.995. The molecule has 340 valence electrons. The lowest BCUT2D eigenvalue weighted by molar-refractivity contribution is -0.376. The molecule has 7 aliphatic rings. The van der Waals surface area contributed by atoms with Crippen LogP contribution >= 0.6 is 0 Å². The number of fused-ring (bicyclic) bond motifs is 4. The van der Waals surface area contributed by atoms with Crippen molar-refractivity contribution in [2.75, 3.05) is 13.2 Å². The third-order valence-corrected chi connectivity index (χ3v) is 16.8. The van der Waals surface area contributed by atoms with Crippen LogP contribution in [0.15, 0.2) is 11.6 Å². The Kier molecular flexibility index (Phi) is 12.7. The van der Waals surface area contributed by atoms with Crippen LogP contribution in [-0.2, 0) is 47.5 Å². The fourth-order valence-corrected chi connectivity index (χ4v) is 13.6. The van der Waals surface area contributed by atoms with Crippen molar-refractivity contribution in [1.82, 2.24) is 0 Å². The van der Waals surface area contributed by atoms with Gasteiger partial charge in [-0.05, 0) is 98.4 Å². The average Bonchev–Trinajstić information content (AvgIpc) is 3.73. The van der Waals surface area contributed by atoms with Crippen LogP contribution in [0.3, 0.4) is 0 Å². The van der Waals surface area contributed by atoms with Crippen molar-refractivity contribution < 1.29 is 78.2 Å². The second-order valence-corrected chi connectivity index (χ2v) is 20.3. The Morgan fingerprint density at radius 2 is 1.60 bits per heavy atom. The van der Waals surface area contributed by atoms with Gasteiger partial charge in [0.2, 0.25) is 0 Å². The third-order valence-electron chi connectivity index (χ3n) is 16.8. The molecule has 6 fully saturated rings. The summed E-state index contributed by atoms with van der Waals surface area (Å²) in [5.74, 6) is -0.875. The van der Waals surface area contributed by atoms with E-state index in [1.54, 1.807) is 13.0 Å². The smallest absolute Gasteiger partial charge is 0.334 e.